The number of amides is 1. The van der Waals surface area contributed by atoms with Gasteiger partial charge in [-0.15, -0.1) is 0 Å². The fraction of sp³-hybridized carbons (Fsp3) is 0.136. The van der Waals surface area contributed by atoms with Crippen LogP contribution in [0, 0.1) is 0 Å². The quantitative estimate of drug-likeness (QED) is 0.506. The number of ketones is 1. The molecule has 0 aliphatic carbocycles. The van der Waals surface area contributed by atoms with Crippen molar-refractivity contribution in [1.29, 1.82) is 0 Å². The van der Waals surface area contributed by atoms with Crippen LogP contribution in [0.4, 0.5) is 0 Å². The number of ether oxygens (including phenoxy) is 2. The molecule has 1 N–H and O–H groups in total. The predicted molar refractivity (Wildman–Crippen MR) is 105 cm³/mol. The van der Waals surface area contributed by atoms with Crippen molar-refractivity contribution in [2.75, 3.05) is 20.3 Å². The standard InChI is InChI=1S/C22H19NO5/c1-27-17-9-4-8-16(12-17)22(26)23-13-21(25)28-14-20(24)19-11-5-7-15-6-2-3-10-18(15)19/h2-12H,13-14H2,1H3,(H,23,26). The molecule has 0 aromatic heterocycles. The van der Waals surface area contributed by atoms with Crippen LogP contribution in [-0.2, 0) is 9.53 Å². The molecule has 0 aliphatic rings. The molecule has 28 heavy (non-hydrogen) atoms. The lowest BCUT2D eigenvalue weighted by atomic mass is 10.0. The second kappa shape index (κ2) is 8.81. The van der Waals surface area contributed by atoms with Crippen molar-refractivity contribution in [2.45, 2.75) is 0 Å². The first kappa shape index (κ1) is 19.1. The van der Waals surface area contributed by atoms with Crippen molar-refractivity contribution >= 4 is 28.4 Å². The third-order valence-electron chi connectivity index (χ3n) is 4.18. The van der Waals surface area contributed by atoms with E-state index in [-0.39, 0.29) is 18.9 Å². The number of rotatable bonds is 7. The molecule has 0 unspecified atom stereocenters. The minimum Gasteiger partial charge on any atom is -0.497 e. The maximum Gasteiger partial charge on any atom is 0.325 e. The van der Waals surface area contributed by atoms with E-state index in [0.29, 0.717) is 16.9 Å². The van der Waals surface area contributed by atoms with Crippen LogP contribution >= 0.6 is 0 Å². The molecule has 0 heterocycles. The first-order valence-corrected chi connectivity index (χ1v) is 8.67. The molecular weight excluding hydrogens is 358 g/mol. The summed E-state index contributed by atoms with van der Waals surface area (Å²) in [5.41, 5.74) is 0.852. The number of methoxy groups -OCH3 is 1. The third-order valence-corrected chi connectivity index (χ3v) is 4.18. The van der Waals surface area contributed by atoms with Crippen LogP contribution < -0.4 is 10.1 Å². The molecule has 6 heteroatoms. The van der Waals surface area contributed by atoms with E-state index in [2.05, 4.69) is 5.32 Å². The van der Waals surface area contributed by atoms with Gasteiger partial charge in [-0.05, 0) is 29.0 Å². The van der Waals surface area contributed by atoms with E-state index in [4.69, 9.17) is 9.47 Å². The Balaban J connectivity index is 1.54. The third kappa shape index (κ3) is 4.54. The maximum absolute atomic E-state index is 12.4. The van der Waals surface area contributed by atoms with Crippen molar-refractivity contribution in [3.63, 3.8) is 0 Å². The molecule has 6 nitrogen and oxygen atoms in total. The average molecular weight is 377 g/mol. The highest BCUT2D eigenvalue weighted by atomic mass is 16.5. The minimum atomic E-state index is -0.690. The summed E-state index contributed by atoms with van der Waals surface area (Å²) >= 11 is 0. The summed E-state index contributed by atoms with van der Waals surface area (Å²) in [6, 6.07) is 19.4. The minimum absolute atomic E-state index is 0.302. The number of fused-ring (bicyclic) bond motifs is 1. The Morgan fingerprint density at radius 1 is 0.929 bits per heavy atom. The van der Waals surface area contributed by atoms with Crippen LogP contribution in [0.3, 0.4) is 0 Å². The van der Waals surface area contributed by atoms with E-state index < -0.39 is 11.9 Å². The van der Waals surface area contributed by atoms with Crippen LogP contribution in [0.5, 0.6) is 5.75 Å². The summed E-state index contributed by atoms with van der Waals surface area (Å²) in [5.74, 6) is -0.888. The first-order valence-electron chi connectivity index (χ1n) is 8.67. The summed E-state index contributed by atoms with van der Waals surface area (Å²) < 4.78 is 10.1. The van der Waals surface area contributed by atoms with Gasteiger partial charge in [0.05, 0.1) is 7.11 Å². The van der Waals surface area contributed by atoms with Gasteiger partial charge < -0.3 is 14.8 Å². The van der Waals surface area contributed by atoms with Crippen LogP contribution in [0.15, 0.2) is 66.7 Å². The van der Waals surface area contributed by atoms with Gasteiger partial charge in [0.25, 0.3) is 5.91 Å². The van der Waals surface area contributed by atoms with Crippen LogP contribution in [-0.4, -0.2) is 37.9 Å². The Morgan fingerprint density at radius 3 is 2.50 bits per heavy atom. The molecule has 1 amide bonds. The summed E-state index contributed by atoms with van der Waals surface area (Å²) in [7, 11) is 1.50. The number of Topliss-reactive ketones (excluding diaryl/α,β-unsaturated/α-hetero) is 1. The predicted octanol–water partition coefficient (Wildman–Crippen LogP) is 3.00. The summed E-state index contributed by atoms with van der Waals surface area (Å²) in [5, 5.41) is 4.20. The van der Waals surface area contributed by atoms with Crippen molar-refractivity contribution in [1.82, 2.24) is 5.32 Å². The zero-order valence-corrected chi connectivity index (χ0v) is 15.3. The number of benzene rings is 3. The van der Waals surface area contributed by atoms with Gasteiger partial charge >= 0.3 is 5.97 Å². The molecule has 3 rings (SSSR count). The molecule has 0 spiro atoms. The number of nitrogens with one attached hydrogen (secondary N) is 1. The van der Waals surface area contributed by atoms with Gasteiger partial charge in [-0.2, -0.15) is 0 Å². The molecule has 0 aliphatic heterocycles. The molecule has 0 saturated carbocycles. The normalized spacial score (nSPS) is 10.3. The number of esters is 1. The monoisotopic (exact) mass is 377 g/mol. The van der Waals surface area contributed by atoms with E-state index in [1.807, 2.05) is 30.3 Å². The van der Waals surface area contributed by atoms with Crippen LogP contribution in [0.2, 0.25) is 0 Å². The van der Waals surface area contributed by atoms with Crippen molar-refractivity contribution in [2.24, 2.45) is 0 Å². The Hall–Kier alpha value is -3.67. The number of carbonyl (C=O) groups excluding carboxylic acids is 3. The highest BCUT2D eigenvalue weighted by Crippen LogP contribution is 2.19. The first-order chi connectivity index (χ1) is 13.6. The van der Waals surface area contributed by atoms with Gasteiger partial charge in [0.15, 0.2) is 6.61 Å². The van der Waals surface area contributed by atoms with E-state index in [1.54, 1.807) is 36.4 Å². The molecule has 0 fully saturated rings. The lowest BCUT2D eigenvalue weighted by Crippen LogP contribution is -2.31. The van der Waals surface area contributed by atoms with Crippen molar-refractivity contribution in [3.8, 4) is 5.75 Å². The summed E-state index contributed by atoms with van der Waals surface area (Å²) in [4.78, 5) is 36.4. The largest absolute Gasteiger partial charge is 0.497 e. The molecule has 0 atom stereocenters. The zero-order chi connectivity index (χ0) is 19.9. The van der Waals surface area contributed by atoms with Gasteiger partial charge in [-0.1, -0.05) is 48.5 Å². The van der Waals surface area contributed by atoms with E-state index in [9.17, 15) is 14.4 Å². The fourth-order valence-corrected chi connectivity index (χ4v) is 2.76. The SMILES string of the molecule is COc1cccc(C(=O)NCC(=O)OCC(=O)c2cccc3ccccc23)c1. The Bertz CT molecular complexity index is 1020. The summed E-state index contributed by atoms with van der Waals surface area (Å²) in [6.45, 7) is -0.721. The van der Waals surface area contributed by atoms with Crippen LogP contribution in [0.1, 0.15) is 20.7 Å². The van der Waals surface area contributed by atoms with Gasteiger partial charge in [-0.3, -0.25) is 14.4 Å². The maximum atomic E-state index is 12.4. The van der Waals surface area contributed by atoms with Gasteiger partial charge in [0.2, 0.25) is 5.78 Å². The molecule has 0 saturated heterocycles. The number of hydrogen-bond donors (Lipinski definition) is 1. The number of carbonyl (C=O) groups is 3. The highest BCUT2D eigenvalue weighted by molar-refractivity contribution is 6.09. The smallest absolute Gasteiger partial charge is 0.325 e. The fourth-order valence-electron chi connectivity index (χ4n) is 2.76. The van der Waals surface area contributed by atoms with Crippen molar-refractivity contribution in [3.05, 3.63) is 77.9 Å². The molecule has 0 bridgehead atoms. The molecular formula is C22H19NO5. The van der Waals surface area contributed by atoms with Crippen molar-refractivity contribution < 1.29 is 23.9 Å². The molecule has 142 valence electrons. The lowest BCUT2D eigenvalue weighted by Gasteiger charge is -2.08. The Kier molecular flexibility index (Phi) is 6.01. The average Bonchev–Trinajstić information content (AvgIpc) is 2.75. The second-order valence-corrected chi connectivity index (χ2v) is 6.03. The number of hydrogen-bond acceptors (Lipinski definition) is 5. The zero-order valence-electron chi connectivity index (χ0n) is 15.3. The van der Waals surface area contributed by atoms with E-state index >= 15 is 0 Å². The Labute approximate surface area is 162 Å². The molecule has 3 aromatic carbocycles. The van der Waals surface area contributed by atoms with Gasteiger partial charge in [0.1, 0.15) is 12.3 Å². The second-order valence-electron chi connectivity index (χ2n) is 6.03. The van der Waals surface area contributed by atoms with E-state index in [0.717, 1.165) is 10.8 Å². The van der Waals surface area contributed by atoms with Crippen LogP contribution in [0.25, 0.3) is 10.8 Å². The van der Waals surface area contributed by atoms with Gasteiger partial charge in [0, 0.05) is 11.1 Å². The van der Waals surface area contributed by atoms with E-state index in [1.165, 1.54) is 7.11 Å². The lowest BCUT2D eigenvalue weighted by molar-refractivity contribution is -0.141. The van der Waals surface area contributed by atoms with Gasteiger partial charge in [-0.25, -0.2) is 0 Å². The summed E-state index contributed by atoms with van der Waals surface area (Å²) in [6.07, 6.45) is 0. The Morgan fingerprint density at radius 2 is 1.68 bits per heavy atom. The molecule has 3 aromatic rings. The highest BCUT2D eigenvalue weighted by Gasteiger charge is 2.14. The topological polar surface area (TPSA) is 81.7 Å². The molecule has 0 radical (unpaired) electrons.